The van der Waals surface area contributed by atoms with Crippen LogP contribution in [0.5, 0.6) is 0 Å². The van der Waals surface area contributed by atoms with Gasteiger partial charge in [0.25, 0.3) is 0 Å². The fourth-order valence-corrected chi connectivity index (χ4v) is 2.98. The van der Waals surface area contributed by atoms with E-state index in [4.69, 9.17) is 0 Å². The molecule has 0 unspecified atom stereocenters. The third-order valence-electron chi connectivity index (χ3n) is 4.09. The molecule has 0 aromatic carbocycles. The summed E-state index contributed by atoms with van der Waals surface area (Å²) >= 11 is 0. The number of Topliss-reactive ketones (excluding diaryl/α,β-unsaturated/α-hetero) is 1. The maximum atomic E-state index is 12.8. The normalized spacial score (nSPS) is 18.4. The second kappa shape index (κ2) is 5.22. The second-order valence-electron chi connectivity index (χ2n) is 5.41. The van der Waals surface area contributed by atoms with Crippen LogP contribution in [0.1, 0.15) is 49.6 Å². The molecule has 4 nitrogen and oxygen atoms in total. The van der Waals surface area contributed by atoms with Gasteiger partial charge in [-0.25, -0.2) is 4.98 Å². The number of imidazole rings is 1. The Morgan fingerprint density at radius 1 is 1.44 bits per heavy atom. The lowest BCUT2D eigenvalue weighted by Gasteiger charge is -2.34. The average Bonchev–Trinajstić information content (AvgIpc) is 2.97. The van der Waals surface area contributed by atoms with Gasteiger partial charge in [0.2, 0.25) is 5.78 Å². The lowest BCUT2D eigenvalue weighted by atomic mass is 9.90. The van der Waals surface area contributed by atoms with Crippen molar-refractivity contribution in [2.45, 2.75) is 51.1 Å². The van der Waals surface area contributed by atoms with E-state index in [1.54, 1.807) is 6.20 Å². The number of carbonyl (C=O) groups excluding carboxylic acids is 1. The SMILES string of the molecule is CCCn1ccnc1C(=O)C1(N(C)C)CCCC1. The topological polar surface area (TPSA) is 38.1 Å². The van der Waals surface area contributed by atoms with Crippen LogP contribution >= 0.6 is 0 Å². The molecule has 1 aromatic rings. The van der Waals surface area contributed by atoms with Crippen molar-refractivity contribution in [2.75, 3.05) is 14.1 Å². The van der Waals surface area contributed by atoms with Crippen molar-refractivity contribution >= 4 is 5.78 Å². The summed E-state index contributed by atoms with van der Waals surface area (Å²) in [7, 11) is 4.02. The van der Waals surface area contributed by atoms with E-state index >= 15 is 0 Å². The van der Waals surface area contributed by atoms with E-state index in [0.717, 1.165) is 38.6 Å². The maximum absolute atomic E-state index is 12.8. The molecular formula is C14H23N3O. The van der Waals surface area contributed by atoms with E-state index < -0.39 is 0 Å². The molecule has 1 aliphatic carbocycles. The number of hydrogen-bond donors (Lipinski definition) is 0. The molecule has 2 rings (SSSR count). The van der Waals surface area contributed by atoms with Crippen molar-refractivity contribution < 1.29 is 4.79 Å². The number of likely N-dealkylation sites (N-methyl/N-ethyl adjacent to an activating group) is 1. The average molecular weight is 249 g/mol. The summed E-state index contributed by atoms with van der Waals surface area (Å²) < 4.78 is 1.99. The first-order valence-corrected chi connectivity index (χ1v) is 6.85. The highest BCUT2D eigenvalue weighted by atomic mass is 16.1. The summed E-state index contributed by atoms with van der Waals surface area (Å²) in [6.45, 7) is 2.98. The number of aryl methyl sites for hydroxylation is 1. The van der Waals surface area contributed by atoms with Crippen molar-refractivity contribution in [1.82, 2.24) is 14.5 Å². The molecule has 1 aliphatic rings. The van der Waals surface area contributed by atoms with Crippen molar-refractivity contribution in [3.05, 3.63) is 18.2 Å². The first-order valence-electron chi connectivity index (χ1n) is 6.85. The molecule has 1 heterocycles. The Hall–Kier alpha value is -1.16. The summed E-state index contributed by atoms with van der Waals surface area (Å²) in [5.41, 5.74) is -0.323. The van der Waals surface area contributed by atoms with Crippen LogP contribution in [0.2, 0.25) is 0 Å². The van der Waals surface area contributed by atoms with Crippen molar-refractivity contribution in [1.29, 1.82) is 0 Å². The molecule has 0 saturated heterocycles. The molecule has 4 heteroatoms. The molecule has 0 aliphatic heterocycles. The summed E-state index contributed by atoms with van der Waals surface area (Å²) in [5.74, 6) is 0.830. The Morgan fingerprint density at radius 3 is 2.67 bits per heavy atom. The number of nitrogens with zero attached hydrogens (tertiary/aromatic N) is 3. The van der Waals surface area contributed by atoms with Gasteiger partial charge in [0.15, 0.2) is 5.82 Å². The molecule has 1 aromatic heterocycles. The van der Waals surface area contributed by atoms with Crippen molar-refractivity contribution in [3.63, 3.8) is 0 Å². The van der Waals surface area contributed by atoms with E-state index in [2.05, 4.69) is 16.8 Å². The highest BCUT2D eigenvalue weighted by molar-refractivity contribution is 6.00. The van der Waals surface area contributed by atoms with Crippen LogP contribution in [0.3, 0.4) is 0 Å². The van der Waals surface area contributed by atoms with Crippen LogP contribution in [0.4, 0.5) is 0 Å². The van der Waals surface area contributed by atoms with Gasteiger partial charge < -0.3 is 4.57 Å². The molecule has 0 bridgehead atoms. The van der Waals surface area contributed by atoms with E-state index in [-0.39, 0.29) is 11.3 Å². The third-order valence-corrected chi connectivity index (χ3v) is 4.09. The minimum absolute atomic E-state index is 0.198. The molecule has 0 spiro atoms. The first kappa shape index (κ1) is 13.3. The molecule has 1 saturated carbocycles. The van der Waals surface area contributed by atoms with Gasteiger partial charge in [-0.1, -0.05) is 19.8 Å². The van der Waals surface area contributed by atoms with E-state index in [0.29, 0.717) is 5.82 Å². The van der Waals surface area contributed by atoms with E-state index in [1.165, 1.54) is 0 Å². The Balaban J connectivity index is 2.31. The zero-order valence-corrected chi connectivity index (χ0v) is 11.6. The van der Waals surface area contributed by atoms with Gasteiger partial charge in [-0.2, -0.15) is 0 Å². The van der Waals surface area contributed by atoms with Crippen LogP contribution in [0, 0.1) is 0 Å². The van der Waals surface area contributed by atoms with Gasteiger partial charge in [-0.15, -0.1) is 0 Å². The van der Waals surface area contributed by atoms with Gasteiger partial charge in [0, 0.05) is 18.9 Å². The molecule has 0 atom stereocenters. The van der Waals surface area contributed by atoms with Crippen LogP contribution in [-0.4, -0.2) is 39.9 Å². The molecule has 1 fully saturated rings. The number of rotatable bonds is 5. The summed E-state index contributed by atoms with van der Waals surface area (Å²) in [5, 5.41) is 0. The lowest BCUT2D eigenvalue weighted by molar-refractivity contribution is 0.0676. The zero-order chi connectivity index (χ0) is 13.2. The second-order valence-corrected chi connectivity index (χ2v) is 5.41. The lowest BCUT2D eigenvalue weighted by Crippen LogP contribution is -2.49. The molecule has 100 valence electrons. The van der Waals surface area contributed by atoms with Crippen LogP contribution in [0.25, 0.3) is 0 Å². The van der Waals surface area contributed by atoms with Crippen molar-refractivity contribution in [3.8, 4) is 0 Å². The van der Waals surface area contributed by atoms with Crippen LogP contribution in [-0.2, 0) is 6.54 Å². The van der Waals surface area contributed by atoms with E-state index in [1.807, 2.05) is 24.9 Å². The highest BCUT2D eigenvalue weighted by Gasteiger charge is 2.44. The van der Waals surface area contributed by atoms with Gasteiger partial charge in [0.1, 0.15) is 0 Å². The minimum atomic E-state index is -0.323. The van der Waals surface area contributed by atoms with Crippen molar-refractivity contribution in [2.24, 2.45) is 0 Å². The zero-order valence-electron chi connectivity index (χ0n) is 11.6. The summed E-state index contributed by atoms with van der Waals surface area (Å²) in [6, 6.07) is 0. The molecule has 0 amide bonds. The fraction of sp³-hybridized carbons (Fsp3) is 0.714. The van der Waals surface area contributed by atoms with Crippen LogP contribution < -0.4 is 0 Å². The Labute approximate surface area is 109 Å². The van der Waals surface area contributed by atoms with Gasteiger partial charge in [-0.3, -0.25) is 9.69 Å². The Bertz CT molecular complexity index is 416. The van der Waals surface area contributed by atoms with Gasteiger partial charge in [-0.05, 0) is 33.4 Å². The number of hydrogen-bond acceptors (Lipinski definition) is 3. The fourth-order valence-electron chi connectivity index (χ4n) is 2.98. The maximum Gasteiger partial charge on any atom is 0.218 e. The highest BCUT2D eigenvalue weighted by Crippen LogP contribution is 2.36. The number of ketones is 1. The predicted octanol–water partition coefficient (Wildman–Crippen LogP) is 2.35. The standard InChI is InChI=1S/C14H23N3O/c1-4-10-17-11-9-15-13(17)12(18)14(16(2)3)7-5-6-8-14/h9,11H,4-8,10H2,1-3H3. The Morgan fingerprint density at radius 2 is 2.11 bits per heavy atom. The van der Waals surface area contributed by atoms with E-state index in [9.17, 15) is 4.79 Å². The molecular weight excluding hydrogens is 226 g/mol. The number of aromatic nitrogens is 2. The molecule has 18 heavy (non-hydrogen) atoms. The summed E-state index contributed by atoms with van der Waals surface area (Å²) in [6.07, 6.45) is 8.86. The number of carbonyl (C=O) groups is 1. The van der Waals surface area contributed by atoms with Crippen LogP contribution in [0.15, 0.2) is 12.4 Å². The largest absolute Gasteiger partial charge is 0.328 e. The molecule has 0 N–H and O–H groups in total. The smallest absolute Gasteiger partial charge is 0.218 e. The third kappa shape index (κ3) is 2.09. The quantitative estimate of drug-likeness (QED) is 0.752. The monoisotopic (exact) mass is 249 g/mol. The van der Waals surface area contributed by atoms with Gasteiger partial charge in [0.05, 0.1) is 5.54 Å². The minimum Gasteiger partial charge on any atom is -0.328 e. The summed E-state index contributed by atoms with van der Waals surface area (Å²) in [4.78, 5) is 19.2. The van der Waals surface area contributed by atoms with Gasteiger partial charge >= 0.3 is 0 Å². The molecule has 0 radical (unpaired) electrons. The first-order chi connectivity index (χ1) is 8.62. The predicted molar refractivity (Wildman–Crippen MR) is 71.7 cm³/mol. The Kier molecular flexibility index (Phi) is 3.85.